The Balaban J connectivity index is 3.45. The van der Waals surface area contributed by atoms with Crippen LogP contribution in [0.1, 0.15) is 0 Å². The molecule has 0 aromatic carbocycles. The highest BCUT2D eigenvalue weighted by Crippen LogP contribution is 1.59. The number of hydrogen-bond acceptors (Lipinski definition) is 3. The Labute approximate surface area is 54.0 Å². The monoisotopic (exact) mass is 134 g/mol. The molecule has 9 heavy (non-hydrogen) atoms. The highest BCUT2D eigenvalue weighted by atomic mass is 16.5. The van der Waals surface area contributed by atoms with E-state index in [2.05, 4.69) is 4.74 Å². The highest BCUT2D eigenvalue weighted by molar-refractivity contribution is 5.56. The summed E-state index contributed by atoms with van der Waals surface area (Å²) in [6.45, 7) is 0.396. The molecule has 4 heteroatoms. The maximum Gasteiger partial charge on any atom is 0.513 e. The summed E-state index contributed by atoms with van der Waals surface area (Å²) in [4.78, 5) is 11.1. The topological polar surface area (TPSA) is 51.0 Å². The number of carbonyl (C=O) groups is 1. The van der Waals surface area contributed by atoms with Crippen molar-refractivity contribution in [3.05, 3.63) is 0 Å². The number of carbonyl (C=O) groups excluding carboxylic acids is 1. The van der Waals surface area contributed by atoms with Crippen LogP contribution in [0, 0.1) is 0 Å². The number of aliphatic hydroxyl groups excluding tert-OH is 1. The Morgan fingerprint density at radius 3 is 2.67 bits per heavy atom. The van der Waals surface area contributed by atoms with E-state index in [0.29, 0.717) is 11.4 Å². The first-order chi connectivity index (χ1) is 4.22. The largest absolute Gasteiger partial charge is 0.513 e. The first kappa shape index (κ1) is 8.39. The van der Waals surface area contributed by atoms with E-state index >= 15 is 0 Å². The molecular formula is C5H12NO3+. The highest BCUT2D eigenvalue weighted by Gasteiger charge is 2.11. The number of methoxy groups -OCH3 is 1. The van der Waals surface area contributed by atoms with Gasteiger partial charge in [0.25, 0.3) is 0 Å². The molecule has 0 fully saturated rings. The maximum absolute atomic E-state index is 10.5. The van der Waals surface area contributed by atoms with Gasteiger partial charge in [-0.25, -0.2) is 4.90 Å². The normalized spacial score (nSPS) is 12.8. The average Bonchev–Trinajstić information content (AvgIpc) is 1.87. The van der Waals surface area contributed by atoms with Crippen molar-refractivity contribution >= 4 is 6.09 Å². The number of alkyl carbamates (subject to hydrolysis) is 2. The minimum Gasteiger partial charge on any atom is -0.423 e. The molecule has 2 N–H and O–H groups in total. The predicted octanol–water partition coefficient (Wildman–Crippen LogP) is -1.74. The predicted molar refractivity (Wildman–Crippen MR) is 31.2 cm³/mol. The summed E-state index contributed by atoms with van der Waals surface area (Å²) in [5, 5.41) is 8.35. The lowest BCUT2D eigenvalue weighted by Gasteiger charge is -2.05. The number of amides is 1. The van der Waals surface area contributed by atoms with Gasteiger partial charge in [0.1, 0.15) is 6.54 Å². The van der Waals surface area contributed by atoms with E-state index in [9.17, 15) is 4.79 Å². The van der Waals surface area contributed by atoms with Crippen molar-refractivity contribution in [1.82, 2.24) is 0 Å². The molecule has 0 aliphatic heterocycles. The van der Waals surface area contributed by atoms with E-state index in [1.807, 2.05) is 0 Å². The molecule has 0 rings (SSSR count). The molecule has 0 aromatic rings. The van der Waals surface area contributed by atoms with Crippen LogP contribution in [-0.4, -0.2) is 38.5 Å². The second-order valence-corrected chi connectivity index (χ2v) is 1.75. The minimum atomic E-state index is -0.343. The quantitative estimate of drug-likeness (QED) is 0.471. The molecule has 0 aliphatic rings. The molecular weight excluding hydrogens is 122 g/mol. The summed E-state index contributed by atoms with van der Waals surface area (Å²) in [6.07, 6.45) is -0.343. The first-order valence-corrected chi connectivity index (χ1v) is 2.74. The standard InChI is InChI=1S/C5H11NO3/c1-6(3-4-7)5(8)9-2/h7H,3-4H2,1-2H3/p+1. The van der Waals surface area contributed by atoms with Gasteiger partial charge in [0, 0.05) is 0 Å². The SMILES string of the molecule is COC(=O)[NH+](C)CCO. The zero-order valence-electron chi connectivity index (χ0n) is 5.68. The van der Waals surface area contributed by atoms with Crippen LogP contribution in [0.5, 0.6) is 0 Å². The number of rotatable bonds is 2. The number of hydrogen-bond donors (Lipinski definition) is 2. The molecule has 0 radical (unpaired) electrons. The molecule has 54 valence electrons. The van der Waals surface area contributed by atoms with Gasteiger partial charge in [-0.2, -0.15) is 4.79 Å². The molecule has 1 amide bonds. The molecule has 0 heterocycles. The summed E-state index contributed by atoms with van der Waals surface area (Å²) < 4.78 is 4.38. The number of likely N-dealkylation sites (N-methyl/N-ethyl adjacent to an activating group) is 1. The third kappa shape index (κ3) is 3.05. The third-order valence-electron chi connectivity index (χ3n) is 1.02. The fourth-order valence-electron chi connectivity index (χ4n) is 0.444. The van der Waals surface area contributed by atoms with Crippen molar-refractivity contribution in [3.8, 4) is 0 Å². The van der Waals surface area contributed by atoms with Crippen LogP contribution >= 0.6 is 0 Å². The lowest BCUT2D eigenvalue weighted by atomic mass is 10.6. The second-order valence-electron chi connectivity index (χ2n) is 1.75. The third-order valence-corrected chi connectivity index (χ3v) is 1.02. The lowest BCUT2D eigenvalue weighted by molar-refractivity contribution is -0.802. The van der Waals surface area contributed by atoms with Gasteiger partial charge in [-0.3, -0.25) is 0 Å². The van der Waals surface area contributed by atoms with Crippen molar-refractivity contribution in [1.29, 1.82) is 0 Å². The van der Waals surface area contributed by atoms with Crippen LogP contribution in [-0.2, 0) is 4.74 Å². The van der Waals surface area contributed by atoms with E-state index in [1.165, 1.54) is 7.11 Å². The van der Waals surface area contributed by atoms with E-state index in [0.717, 1.165) is 0 Å². The molecule has 0 aliphatic carbocycles. The average molecular weight is 134 g/mol. The van der Waals surface area contributed by atoms with E-state index in [1.54, 1.807) is 7.05 Å². The molecule has 1 atom stereocenters. The Kier molecular flexibility index (Phi) is 4.00. The first-order valence-electron chi connectivity index (χ1n) is 2.74. The van der Waals surface area contributed by atoms with Gasteiger partial charge in [0.15, 0.2) is 0 Å². The molecule has 0 bridgehead atoms. The maximum atomic E-state index is 10.5. The van der Waals surface area contributed by atoms with Gasteiger partial charge in [-0.05, 0) is 0 Å². The van der Waals surface area contributed by atoms with Crippen LogP contribution in [0.3, 0.4) is 0 Å². The van der Waals surface area contributed by atoms with Crippen LogP contribution in [0.15, 0.2) is 0 Å². The van der Waals surface area contributed by atoms with Crippen molar-refractivity contribution in [2.75, 3.05) is 27.3 Å². The van der Waals surface area contributed by atoms with Crippen LogP contribution < -0.4 is 4.90 Å². The van der Waals surface area contributed by atoms with Crippen LogP contribution in [0.4, 0.5) is 4.79 Å². The van der Waals surface area contributed by atoms with Crippen LogP contribution in [0.25, 0.3) is 0 Å². The van der Waals surface area contributed by atoms with Gasteiger partial charge < -0.3 is 9.84 Å². The molecule has 4 nitrogen and oxygen atoms in total. The molecule has 0 spiro atoms. The van der Waals surface area contributed by atoms with E-state index in [4.69, 9.17) is 5.11 Å². The van der Waals surface area contributed by atoms with Crippen molar-refractivity contribution < 1.29 is 19.5 Å². The summed E-state index contributed by atoms with van der Waals surface area (Å²) in [5.41, 5.74) is 0. The van der Waals surface area contributed by atoms with E-state index < -0.39 is 0 Å². The molecule has 0 aromatic heterocycles. The summed E-state index contributed by atoms with van der Waals surface area (Å²) >= 11 is 0. The number of quaternary nitrogens is 1. The summed E-state index contributed by atoms with van der Waals surface area (Å²) in [6, 6.07) is 0. The Morgan fingerprint density at radius 1 is 1.78 bits per heavy atom. The fraction of sp³-hybridized carbons (Fsp3) is 0.800. The van der Waals surface area contributed by atoms with Crippen molar-refractivity contribution in [2.45, 2.75) is 0 Å². The Bertz CT molecular complexity index is 94.2. The Morgan fingerprint density at radius 2 is 2.33 bits per heavy atom. The minimum absolute atomic E-state index is 0.000926. The van der Waals surface area contributed by atoms with Gasteiger partial charge >= 0.3 is 6.09 Å². The fourth-order valence-corrected chi connectivity index (χ4v) is 0.444. The van der Waals surface area contributed by atoms with Gasteiger partial charge in [0.05, 0.1) is 20.8 Å². The van der Waals surface area contributed by atoms with Crippen LogP contribution in [0.2, 0.25) is 0 Å². The molecule has 1 unspecified atom stereocenters. The Hall–Kier alpha value is -0.610. The number of ether oxygens (including phenoxy) is 1. The molecule has 0 saturated carbocycles. The zero-order chi connectivity index (χ0) is 7.28. The van der Waals surface area contributed by atoms with Gasteiger partial charge in [-0.1, -0.05) is 0 Å². The summed E-state index contributed by atoms with van der Waals surface area (Å²) in [5.74, 6) is 0. The van der Waals surface area contributed by atoms with E-state index in [-0.39, 0.29) is 12.7 Å². The van der Waals surface area contributed by atoms with Gasteiger partial charge in [0.2, 0.25) is 0 Å². The smallest absolute Gasteiger partial charge is 0.423 e. The zero-order valence-corrected chi connectivity index (χ0v) is 5.68. The van der Waals surface area contributed by atoms with Gasteiger partial charge in [-0.15, -0.1) is 0 Å². The lowest BCUT2D eigenvalue weighted by Crippen LogP contribution is -3.12. The second kappa shape index (κ2) is 4.29. The number of aliphatic hydroxyl groups is 1. The van der Waals surface area contributed by atoms with Crippen molar-refractivity contribution in [3.63, 3.8) is 0 Å². The number of nitrogens with one attached hydrogen (secondary N) is 1. The van der Waals surface area contributed by atoms with Crippen molar-refractivity contribution in [2.24, 2.45) is 0 Å². The summed E-state index contributed by atoms with van der Waals surface area (Å²) in [7, 11) is 2.96. The molecule has 0 saturated heterocycles.